The minimum atomic E-state index is 0.134. The monoisotopic (exact) mass is 376 g/mol. The molecule has 1 aliphatic heterocycles. The first-order valence-electron chi connectivity index (χ1n) is 9.82. The highest BCUT2D eigenvalue weighted by molar-refractivity contribution is 6.13. The van der Waals surface area contributed by atoms with E-state index in [2.05, 4.69) is 41.1 Å². The molecular weight excluding hydrogens is 350 g/mol. The van der Waals surface area contributed by atoms with E-state index in [1.54, 1.807) is 14.2 Å². The summed E-state index contributed by atoms with van der Waals surface area (Å²) in [6, 6.07) is 14.2. The quantitative estimate of drug-likeness (QED) is 0.600. The molecule has 4 rings (SSSR count). The van der Waals surface area contributed by atoms with E-state index in [4.69, 9.17) is 9.47 Å². The van der Waals surface area contributed by atoms with Crippen LogP contribution in [0.1, 0.15) is 34.3 Å². The number of hydrogen-bond donors (Lipinski definition) is 0. The van der Waals surface area contributed by atoms with Crippen molar-refractivity contribution in [2.45, 2.75) is 19.3 Å². The van der Waals surface area contributed by atoms with Crippen LogP contribution >= 0.6 is 0 Å². The van der Waals surface area contributed by atoms with Gasteiger partial charge < -0.3 is 9.47 Å². The molecule has 2 aromatic rings. The van der Waals surface area contributed by atoms with Crippen molar-refractivity contribution in [2.75, 3.05) is 27.3 Å². The second-order valence-corrected chi connectivity index (χ2v) is 7.48. The third-order valence-electron chi connectivity index (χ3n) is 5.67. The molecule has 1 saturated heterocycles. The Hall–Kier alpha value is -2.88. The van der Waals surface area contributed by atoms with E-state index in [9.17, 15) is 4.79 Å². The summed E-state index contributed by atoms with van der Waals surface area (Å²) < 4.78 is 13.1. The number of rotatable bonds is 4. The first-order chi connectivity index (χ1) is 13.7. The largest absolute Gasteiger partial charge is 0.493 e. The number of methoxy groups -OCH3 is 2. The molecule has 0 aromatic heterocycles. The summed E-state index contributed by atoms with van der Waals surface area (Å²) in [6.07, 6.45) is 7.27. The average Bonchev–Trinajstić information content (AvgIpc) is 3.03. The van der Waals surface area contributed by atoms with Gasteiger partial charge in [0.05, 0.1) is 14.2 Å². The second kappa shape index (κ2) is 8.01. The van der Waals surface area contributed by atoms with Gasteiger partial charge in [-0.1, -0.05) is 24.3 Å². The molecule has 0 amide bonds. The van der Waals surface area contributed by atoms with E-state index in [-0.39, 0.29) is 5.78 Å². The minimum absolute atomic E-state index is 0.134. The number of ether oxygens (including phenoxy) is 2. The summed E-state index contributed by atoms with van der Waals surface area (Å²) in [5.41, 5.74) is 3.93. The van der Waals surface area contributed by atoms with Crippen LogP contribution in [-0.2, 0) is 6.42 Å². The van der Waals surface area contributed by atoms with Crippen LogP contribution in [0.25, 0.3) is 0 Å². The Kier molecular flexibility index (Phi) is 5.29. The summed E-state index contributed by atoms with van der Waals surface area (Å²) in [5.74, 6) is 1.88. The van der Waals surface area contributed by atoms with Crippen molar-refractivity contribution >= 4 is 12.0 Å². The van der Waals surface area contributed by atoms with Gasteiger partial charge in [0.1, 0.15) is 13.1 Å². The maximum atomic E-state index is 12.9. The normalized spacial score (nSPS) is 20.2. The number of hydrogen-bond acceptors (Lipinski definition) is 3. The Labute approximate surface area is 166 Å². The summed E-state index contributed by atoms with van der Waals surface area (Å²) in [6.45, 7) is 2.04. The number of benzene rings is 2. The molecule has 0 radical (unpaired) electrons. The van der Waals surface area contributed by atoms with Gasteiger partial charge in [-0.25, -0.2) is 4.58 Å². The van der Waals surface area contributed by atoms with Crippen molar-refractivity contribution in [3.8, 4) is 11.5 Å². The Morgan fingerprint density at radius 1 is 1.00 bits per heavy atom. The number of nitrogens with zero attached hydrogens (tertiary/aromatic N) is 1. The molecule has 4 nitrogen and oxygen atoms in total. The number of allylic oxidation sites excluding steroid dienone is 2. The zero-order valence-corrected chi connectivity index (χ0v) is 16.5. The molecule has 1 fully saturated rings. The van der Waals surface area contributed by atoms with Gasteiger partial charge >= 0.3 is 0 Å². The smallest absolute Gasteiger partial charge is 0.189 e. The maximum absolute atomic E-state index is 12.9. The number of carbonyl (C=O) groups excluding carboxylic acids is 1. The molecule has 1 aliphatic carbocycles. The minimum Gasteiger partial charge on any atom is -0.493 e. The highest BCUT2D eigenvalue weighted by Crippen LogP contribution is 2.37. The number of carbonyl (C=O) groups is 1. The second-order valence-electron chi connectivity index (χ2n) is 7.48. The van der Waals surface area contributed by atoms with Crippen molar-refractivity contribution in [1.82, 2.24) is 0 Å². The van der Waals surface area contributed by atoms with Gasteiger partial charge in [0.2, 0.25) is 0 Å². The average molecular weight is 376 g/mol. The SMILES string of the molecule is COc1cc2c(cc1OC)C(=O)/C(=C/C1CC[N+](=Cc3ccccc3)CC1)C2. The summed E-state index contributed by atoms with van der Waals surface area (Å²) in [7, 11) is 3.22. The molecule has 4 heteroatoms. The van der Waals surface area contributed by atoms with Gasteiger partial charge in [-0.05, 0) is 35.7 Å². The van der Waals surface area contributed by atoms with Crippen molar-refractivity contribution in [3.05, 3.63) is 70.8 Å². The van der Waals surface area contributed by atoms with Crippen LogP contribution in [0.3, 0.4) is 0 Å². The zero-order chi connectivity index (χ0) is 19.5. The zero-order valence-electron chi connectivity index (χ0n) is 16.5. The van der Waals surface area contributed by atoms with Crippen LogP contribution in [0.5, 0.6) is 11.5 Å². The molecule has 2 aromatic carbocycles. The Bertz CT molecular complexity index is 934. The summed E-state index contributed by atoms with van der Waals surface area (Å²) in [4.78, 5) is 12.9. The number of piperidine rings is 1. The number of Topliss-reactive ketones (excluding diaryl/α,β-unsaturated/α-hetero) is 1. The lowest BCUT2D eigenvalue weighted by Gasteiger charge is -2.18. The first kappa shape index (κ1) is 18.5. The van der Waals surface area contributed by atoms with Gasteiger partial charge in [0.25, 0.3) is 0 Å². The third kappa shape index (κ3) is 3.72. The van der Waals surface area contributed by atoms with E-state index in [1.165, 1.54) is 5.56 Å². The van der Waals surface area contributed by atoms with Crippen LogP contribution < -0.4 is 9.47 Å². The Morgan fingerprint density at radius 2 is 1.68 bits per heavy atom. The molecule has 0 spiro atoms. The van der Waals surface area contributed by atoms with Gasteiger partial charge in [0.15, 0.2) is 23.5 Å². The highest BCUT2D eigenvalue weighted by atomic mass is 16.5. The van der Waals surface area contributed by atoms with Gasteiger partial charge in [-0.2, -0.15) is 0 Å². The van der Waals surface area contributed by atoms with Crippen molar-refractivity contribution in [1.29, 1.82) is 0 Å². The number of fused-ring (bicyclic) bond motifs is 1. The molecule has 0 saturated carbocycles. The van der Waals surface area contributed by atoms with Crippen LogP contribution in [0.15, 0.2) is 54.1 Å². The fourth-order valence-electron chi connectivity index (χ4n) is 4.12. The Morgan fingerprint density at radius 3 is 2.36 bits per heavy atom. The molecule has 2 aliphatic rings. The molecule has 0 atom stereocenters. The van der Waals surface area contributed by atoms with E-state index in [1.807, 2.05) is 18.2 Å². The van der Waals surface area contributed by atoms with Crippen LogP contribution in [0, 0.1) is 5.92 Å². The number of ketones is 1. The Balaban J connectivity index is 1.46. The van der Waals surface area contributed by atoms with Crippen LogP contribution in [0.2, 0.25) is 0 Å². The van der Waals surface area contributed by atoms with E-state index in [0.717, 1.165) is 42.6 Å². The molecule has 0 N–H and O–H groups in total. The van der Waals surface area contributed by atoms with Crippen LogP contribution in [-0.4, -0.2) is 43.9 Å². The fraction of sp³-hybridized carbons (Fsp3) is 0.333. The highest BCUT2D eigenvalue weighted by Gasteiger charge is 2.29. The van der Waals surface area contributed by atoms with Crippen LogP contribution in [0.4, 0.5) is 0 Å². The van der Waals surface area contributed by atoms with E-state index >= 15 is 0 Å². The van der Waals surface area contributed by atoms with Crippen molar-refractivity contribution < 1.29 is 18.8 Å². The van der Waals surface area contributed by atoms with Crippen molar-refractivity contribution in [3.63, 3.8) is 0 Å². The molecule has 0 unspecified atom stereocenters. The first-order valence-corrected chi connectivity index (χ1v) is 9.82. The molecule has 28 heavy (non-hydrogen) atoms. The third-order valence-corrected chi connectivity index (χ3v) is 5.67. The van der Waals surface area contributed by atoms with Gasteiger partial charge in [-0.3, -0.25) is 4.79 Å². The predicted molar refractivity (Wildman–Crippen MR) is 110 cm³/mol. The lowest BCUT2D eigenvalue weighted by molar-refractivity contribution is -0.535. The molecular formula is C24H26NO3+. The lowest BCUT2D eigenvalue weighted by Crippen LogP contribution is -2.26. The van der Waals surface area contributed by atoms with E-state index in [0.29, 0.717) is 23.8 Å². The van der Waals surface area contributed by atoms with E-state index < -0.39 is 0 Å². The van der Waals surface area contributed by atoms with Gasteiger partial charge in [-0.15, -0.1) is 0 Å². The standard InChI is InChI=1S/C24H26NO3/c1-27-22-14-19-13-20(24(26)21(19)15-23(22)28-2)12-17-8-10-25(11-9-17)16-18-6-4-3-5-7-18/h3-7,12,14-17H,8-11,13H2,1-2H3/q+1/b20-12+,25-16?. The van der Waals surface area contributed by atoms with Crippen molar-refractivity contribution in [2.24, 2.45) is 5.92 Å². The summed E-state index contributed by atoms with van der Waals surface area (Å²) in [5, 5.41) is 0. The summed E-state index contributed by atoms with van der Waals surface area (Å²) >= 11 is 0. The van der Waals surface area contributed by atoms with Gasteiger partial charge in [0, 0.05) is 36.0 Å². The topological polar surface area (TPSA) is 38.5 Å². The maximum Gasteiger partial charge on any atom is 0.189 e. The molecule has 1 heterocycles. The molecule has 0 bridgehead atoms. The fourth-order valence-corrected chi connectivity index (χ4v) is 4.12. The lowest BCUT2D eigenvalue weighted by atomic mass is 9.94. The predicted octanol–water partition coefficient (Wildman–Crippen LogP) is 3.91. The molecule has 144 valence electrons.